The first-order valence-corrected chi connectivity index (χ1v) is 11.1. The summed E-state index contributed by atoms with van der Waals surface area (Å²) in [5.74, 6) is 1.37. The zero-order valence-corrected chi connectivity index (χ0v) is 17.0. The van der Waals surface area contributed by atoms with Gasteiger partial charge in [0.2, 0.25) is 15.9 Å². The van der Waals surface area contributed by atoms with E-state index in [1.165, 1.54) is 34.9 Å². The zero-order valence-electron chi connectivity index (χ0n) is 16.2. The molecule has 1 saturated heterocycles. The number of benzene rings is 1. The predicted molar refractivity (Wildman–Crippen MR) is 107 cm³/mol. The van der Waals surface area contributed by atoms with E-state index in [2.05, 4.69) is 14.9 Å². The van der Waals surface area contributed by atoms with Crippen LogP contribution in [0.2, 0.25) is 0 Å². The van der Waals surface area contributed by atoms with Gasteiger partial charge in [-0.3, -0.25) is 0 Å². The molecule has 8 nitrogen and oxygen atoms in total. The van der Waals surface area contributed by atoms with Gasteiger partial charge in [0.1, 0.15) is 12.1 Å². The third-order valence-electron chi connectivity index (χ3n) is 5.48. The van der Waals surface area contributed by atoms with E-state index in [-0.39, 0.29) is 10.9 Å². The lowest BCUT2D eigenvalue weighted by atomic mass is 10.0. The zero-order chi connectivity index (χ0) is 20.4. The van der Waals surface area contributed by atoms with E-state index in [1.54, 1.807) is 7.11 Å². The Labute approximate surface area is 170 Å². The van der Waals surface area contributed by atoms with Gasteiger partial charge in [0.05, 0.1) is 23.6 Å². The molecule has 2 aliphatic rings. The number of methoxy groups -OCH3 is 1. The van der Waals surface area contributed by atoms with Gasteiger partial charge in [0.15, 0.2) is 0 Å². The van der Waals surface area contributed by atoms with Crippen LogP contribution in [0.25, 0.3) is 0 Å². The normalized spacial score (nSPS) is 18.2. The summed E-state index contributed by atoms with van der Waals surface area (Å²) in [7, 11) is -1.97. The Bertz CT molecular complexity index is 1010. The summed E-state index contributed by atoms with van der Waals surface area (Å²) < 4.78 is 32.7. The second-order valence-electron chi connectivity index (χ2n) is 7.33. The van der Waals surface area contributed by atoms with Gasteiger partial charge in [-0.25, -0.2) is 18.4 Å². The number of nitrogens with zero attached hydrogens (tertiary/aromatic N) is 5. The molecule has 29 heavy (non-hydrogen) atoms. The SMILES string of the molecule is COc1cc(N(C2CC2)C2CCN(S(=O)(=O)c3ccc(C#N)cc3)CC2)ncn1. The van der Waals surface area contributed by atoms with E-state index < -0.39 is 10.0 Å². The molecule has 0 spiro atoms. The molecule has 1 aromatic heterocycles. The number of anilines is 1. The Kier molecular flexibility index (Phi) is 5.39. The number of hydrogen-bond donors (Lipinski definition) is 0. The third-order valence-corrected chi connectivity index (χ3v) is 7.39. The highest BCUT2D eigenvalue weighted by atomic mass is 32.2. The minimum absolute atomic E-state index is 0.231. The number of rotatable bonds is 6. The predicted octanol–water partition coefficient (Wildman–Crippen LogP) is 2.18. The molecule has 2 heterocycles. The molecule has 9 heteroatoms. The van der Waals surface area contributed by atoms with Crippen molar-refractivity contribution in [3.63, 3.8) is 0 Å². The standard InChI is InChI=1S/C20H23N5O3S/c1-28-20-12-19(22-14-23-20)25(16-4-5-16)17-8-10-24(11-9-17)29(26,27)18-6-2-15(13-21)3-7-18/h2-3,6-7,12,14,16-17H,4-5,8-11H2,1H3. The lowest BCUT2D eigenvalue weighted by molar-refractivity contribution is 0.308. The Morgan fingerprint density at radius 1 is 1.10 bits per heavy atom. The minimum Gasteiger partial charge on any atom is -0.481 e. The van der Waals surface area contributed by atoms with Crippen molar-refractivity contribution in [2.24, 2.45) is 0 Å². The molecule has 1 aromatic carbocycles. The molecule has 0 radical (unpaired) electrons. The molecule has 152 valence electrons. The molecule has 2 fully saturated rings. The van der Waals surface area contributed by atoms with Gasteiger partial charge in [-0.15, -0.1) is 0 Å². The summed E-state index contributed by atoms with van der Waals surface area (Å²) in [6, 6.07) is 10.6. The van der Waals surface area contributed by atoms with Crippen molar-refractivity contribution < 1.29 is 13.2 Å². The topological polar surface area (TPSA) is 99.4 Å². The van der Waals surface area contributed by atoms with Crippen LogP contribution >= 0.6 is 0 Å². The van der Waals surface area contributed by atoms with Crippen LogP contribution in [0.15, 0.2) is 41.6 Å². The van der Waals surface area contributed by atoms with E-state index in [0.717, 1.165) is 31.5 Å². The summed E-state index contributed by atoms with van der Waals surface area (Å²) >= 11 is 0. The third kappa shape index (κ3) is 4.04. The van der Waals surface area contributed by atoms with Crippen LogP contribution in [-0.4, -0.2) is 55.0 Å². The van der Waals surface area contributed by atoms with Crippen LogP contribution in [0.1, 0.15) is 31.2 Å². The van der Waals surface area contributed by atoms with Gasteiger partial charge in [0, 0.05) is 31.2 Å². The summed E-state index contributed by atoms with van der Waals surface area (Å²) in [5.41, 5.74) is 0.447. The van der Waals surface area contributed by atoms with Gasteiger partial charge >= 0.3 is 0 Å². The number of sulfonamides is 1. The van der Waals surface area contributed by atoms with E-state index in [0.29, 0.717) is 30.6 Å². The Morgan fingerprint density at radius 3 is 2.34 bits per heavy atom. The van der Waals surface area contributed by atoms with Gasteiger partial charge in [-0.05, 0) is 49.9 Å². The first-order chi connectivity index (χ1) is 14.0. The highest BCUT2D eigenvalue weighted by Gasteiger charge is 2.38. The number of hydrogen-bond acceptors (Lipinski definition) is 7. The van der Waals surface area contributed by atoms with Gasteiger partial charge < -0.3 is 9.64 Å². The first-order valence-electron chi connectivity index (χ1n) is 9.67. The summed E-state index contributed by atoms with van der Waals surface area (Å²) in [4.78, 5) is 11.1. The number of piperidine rings is 1. The van der Waals surface area contributed by atoms with E-state index in [4.69, 9.17) is 10.00 Å². The second-order valence-corrected chi connectivity index (χ2v) is 9.27. The summed E-state index contributed by atoms with van der Waals surface area (Å²) in [5, 5.41) is 8.91. The molecule has 1 aliphatic carbocycles. The lowest BCUT2D eigenvalue weighted by Gasteiger charge is -2.39. The molecule has 2 aromatic rings. The number of ether oxygens (including phenoxy) is 1. The van der Waals surface area contributed by atoms with Gasteiger partial charge in [-0.2, -0.15) is 9.57 Å². The second kappa shape index (κ2) is 7.97. The van der Waals surface area contributed by atoms with Gasteiger partial charge in [0.25, 0.3) is 0 Å². The smallest absolute Gasteiger partial charge is 0.243 e. The fourth-order valence-electron chi connectivity index (χ4n) is 3.82. The maximum absolute atomic E-state index is 13.0. The number of aromatic nitrogens is 2. The monoisotopic (exact) mass is 413 g/mol. The van der Waals surface area contributed by atoms with Crippen LogP contribution in [0.3, 0.4) is 0 Å². The Hall–Kier alpha value is -2.70. The van der Waals surface area contributed by atoms with E-state index in [9.17, 15) is 8.42 Å². The Morgan fingerprint density at radius 2 is 1.76 bits per heavy atom. The highest BCUT2D eigenvalue weighted by Crippen LogP contribution is 2.36. The summed E-state index contributed by atoms with van der Waals surface area (Å²) in [6.07, 6.45) is 5.22. The maximum atomic E-state index is 13.0. The van der Waals surface area contributed by atoms with Crippen molar-refractivity contribution in [2.75, 3.05) is 25.1 Å². The fraction of sp³-hybridized carbons (Fsp3) is 0.450. The lowest BCUT2D eigenvalue weighted by Crippen LogP contribution is -2.48. The Balaban J connectivity index is 1.48. The van der Waals surface area contributed by atoms with Crippen LogP contribution in [0.4, 0.5) is 5.82 Å². The van der Waals surface area contributed by atoms with Crippen molar-refractivity contribution in [3.05, 3.63) is 42.2 Å². The molecule has 1 aliphatic heterocycles. The van der Waals surface area contributed by atoms with Crippen molar-refractivity contribution in [3.8, 4) is 11.9 Å². The quantitative estimate of drug-likeness (QED) is 0.715. The molecule has 0 bridgehead atoms. The minimum atomic E-state index is -3.56. The number of nitriles is 1. The van der Waals surface area contributed by atoms with Crippen molar-refractivity contribution in [1.29, 1.82) is 5.26 Å². The van der Waals surface area contributed by atoms with Crippen LogP contribution in [0.5, 0.6) is 5.88 Å². The molecule has 0 amide bonds. The molecule has 4 rings (SSSR count). The van der Waals surface area contributed by atoms with Crippen LogP contribution < -0.4 is 9.64 Å². The van der Waals surface area contributed by atoms with Gasteiger partial charge in [-0.1, -0.05) is 0 Å². The average molecular weight is 414 g/mol. The van der Waals surface area contributed by atoms with Crippen molar-refractivity contribution in [1.82, 2.24) is 14.3 Å². The molecule has 0 unspecified atom stereocenters. The maximum Gasteiger partial charge on any atom is 0.243 e. The molecular weight excluding hydrogens is 390 g/mol. The molecule has 1 saturated carbocycles. The molecule has 0 N–H and O–H groups in total. The molecular formula is C20H23N5O3S. The highest BCUT2D eigenvalue weighted by molar-refractivity contribution is 7.89. The average Bonchev–Trinajstić information content (AvgIpc) is 3.59. The first kappa shape index (κ1) is 19.6. The molecule has 0 atom stereocenters. The fourth-order valence-corrected chi connectivity index (χ4v) is 5.29. The van der Waals surface area contributed by atoms with E-state index in [1.807, 2.05) is 12.1 Å². The largest absolute Gasteiger partial charge is 0.481 e. The van der Waals surface area contributed by atoms with Crippen LogP contribution in [0, 0.1) is 11.3 Å². The summed E-state index contributed by atoms with van der Waals surface area (Å²) in [6.45, 7) is 0.914. The van der Waals surface area contributed by atoms with Crippen molar-refractivity contribution in [2.45, 2.75) is 42.7 Å². The van der Waals surface area contributed by atoms with Crippen molar-refractivity contribution >= 4 is 15.8 Å². The van der Waals surface area contributed by atoms with Crippen LogP contribution in [-0.2, 0) is 10.0 Å². The van der Waals surface area contributed by atoms with E-state index >= 15 is 0 Å².